The van der Waals surface area contributed by atoms with Crippen LogP contribution in [0.15, 0.2) is 0 Å². The van der Waals surface area contributed by atoms with Crippen molar-refractivity contribution in [2.75, 3.05) is 19.6 Å². The Morgan fingerprint density at radius 1 is 1.25 bits per heavy atom. The molecule has 3 heteroatoms. The number of carbonyl (C=O) groups is 1. The predicted molar refractivity (Wildman–Crippen MR) is 67.3 cm³/mol. The molecule has 1 saturated heterocycles. The Bertz CT molecular complexity index is 235. The minimum atomic E-state index is 0.103. The third-order valence-electron chi connectivity index (χ3n) is 3.34. The molecule has 1 heterocycles. The van der Waals surface area contributed by atoms with Gasteiger partial charge in [-0.25, -0.2) is 0 Å². The van der Waals surface area contributed by atoms with Gasteiger partial charge in [0.25, 0.3) is 0 Å². The predicted octanol–water partition coefficient (Wildman–Crippen LogP) is 1.88. The van der Waals surface area contributed by atoms with Crippen LogP contribution >= 0.6 is 0 Å². The standard InChI is InChI=1S/C13H26N2O/c1-10-8-15(9-11(10)2)12(16)6-7-14-13(3,4)5/h10-11,14H,6-9H2,1-5H3. The van der Waals surface area contributed by atoms with E-state index in [2.05, 4.69) is 39.9 Å². The van der Waals surface area contributed by atoms with Gasteiger partial charge in [-0.05, 0) is 32.6 Å². The lowest BCUT2D eigenvalue weighted by Gasteiger charge is -2.22. The van der Waals surface area contributed by atoms with Crippen LogP contribution in [0, 0.1) is 11.8 Å². The fraction of sp³-hybridized carbons (Fsp3) is 0.923. The van der Waals surface area contributed by atoms with E-state index in [4.69, 9.17) is 0 Å². The molecule has 0 aromatic carbocycles. The molecule has 2 atom stereocenters. The number of amides is 1. The van der Waals surface area contributed by atoms with Crippen molar-refractivity contribution in [1.29, 1.82) is 0 Å². The van der Waals surface area contributed by atoms with E-state index in [-0.39, 0.29) is 5.54 Å². The van der Waals surface area contributed by atoms with Crippen molar-refractivity contribution in [3.63, 3.8) is 0 Å². The highest BCUT2D eigenvalue weighted by Gasteiger charge is 2.28. The summed E-state index contributed by atoms with van der Waals surface area (Å²) in [5.74, 6) is 1.60. The molecule has 1 N–H and O–H groups in total. The minimum Gasteiger partial charge on any atom is -0.342 e. The number of rotatable bonds is 3. The van der Waals surface area contributed by atoms with Gasteiger partial charge >= 0.3 is 0 Å². The molecule has 0 aliphatic carbocycles. The highest BCUT2D eigenvalue weighted by molar-refractivity contribution is 5.76. The van der Waals surface area contributed by atoms with Gasteiger partial charge in [0, 0.05) is 31.6 Å². The summed E-state index contributed by atoms with van der Waals surface area (Å²) < 4.78 is 0. The van der Waals surface area contributed by atoms with Gasteiger partial charge in [-0.3, -0.25) is 4.79 Å². The molecule has 94 valence electrons. The van der Waals surface area contributed by atoms with E-state index in [0.717, 1.165) is 19.6 Å². The van der Waals surface area contributed by atoms with Crippen molar-refractivity contribution >= 4 is 5.91 Å². The molecule has 1 amide bonds. The smallest absolute Gasteiger partial charge is 0.223 e. The van der Waals surface area contributed by atoms with E-state index >= 15 is 0 Å². The molecule has 0 bridgehead atoms. The number of nitrogens with zero attached hydrogens (tertiary/aromatic N) is 1. The molecule has 0 radical (unpaired) electrons. The summed E-state index contributed by atoms with van der Waals surface area (Å²) in [6.07, 6.45) is 0.622. The van der Waals surface area contributed by atoms with Crippen LogP contribution in [0.25, 0.3) is 0 Å². The van der Waals surface area contributed by atoms with Gasteiger partial charge in [0.1, 0.15) is 0 Å². The van der Waals surface area contributed by atoms with Crippen LogP contribution in [0.4, 0.5) is 0 Å². The lowest BCUT2D eigenvalue weighted by atomic mass is 10.0. The summed E-state index contributed by atoms with van der Waals surface area (Å²) in [7, 11) is 0. The van der Waals surface area contributed by atoms with Gasteiger partial charge < -0.3 is 10.2 Å². The van der Waals surface area contributed by atoms with E-state index in [1.165, 1.54) is 0 Å². The summed E-state index contributed by atoms with van der Waals surface area (Å²) in [6.45, 7) is 13.5. The summed E-state index contributed by atoms with van der Waals surface area (Å²) in [6, 6.07) is 0. The van der Waals surface area contributed by atoms with Gasteiger partial charge in [-0.2, -0.15) is 0 Å². The van der Waals surface area contributed by atoms with E-state index in [1.807, 2.05) is 4.90 Å². The van der Waals surface area contributed by atoms with Crippen LogP contribution in [0.3, 0.4) is 0 Å². The van der Waals surface area contributed by atoms with Crippen LogP contribution in [0.5, 0.6) is 0 Å². The maximum atomic E-state index is 11.9. The fourth-order valence-corrected chi connectivity index (χ4v) is 2.04. The second-order valence-electron chi connectivity index (χ2n) is 6.18. The van der Waals surface area contributed by atoms with E-state index in [0.29, 0.717) is 24.2 Å². The van der Waals surface area contributed by atoms with Crippen molar-refractivity contribution in [2.24, 2.45) is 11.8 Å². The first-order valence-electron chi connectivity index (χ1n) is 6.32. The van der Waals surface area contributed by atoms with Crippen LogP contribution in [-0.4, -0.2) is 36.0 Å². The highest BCUT2D eigenvalue weighted by atomic mass is 16.2. The number of nitrogens with one attached hydrogen (secondary N) is 1. The molecule has 0 aromatic rings. The fourth-order valence-electron chi connectivity index (χ4n) is 2.04. The molecule has 3 nitrogen and oxygen atoms in total. The Balaban J connectivity index is 2.26. The average Bonchev–Trinajstić information content (AvgIpc) is 2.45. The van der Waals surface area contributed by atoms with E-state index in [1.54, 1.807) is 0 Å². The molecule has 16 heavy (non-hydrogen) atoms. The Morgan fingerprint density at radius 3 is 2.19 bits per heavy atom. The summed E-state index contributed by atoms with van der Waals surface area (Å²) >= 11 is 0. The van der Waals surface area contributed by atoms with Gasteiger partial charge in [-0.15, -0.1) is 0 Å². The topological polar surface area (TPSA) is 32.3 Å². The second-order valence-corrected chi connectivity index (χ2v) is 6.18. The maximum absolute atomic E-state index is 11.9. The first-order chi connectivity index (χ1) is 7.29. The quantitative estimate of drug-likeness (QED) is 0.797. The third kappa shape index (κ3) is 4.12. The van der Waals surface area contributed by atoms with Gasteiger partial charge in [0.15, 0.2) is 0 Å². The molecular weight excluding hydrogens is 200 g/mol. The molecule has 2 unspecified atom stereocenters. The van der Waals surface area contributed by atoms with Crippen LogP contribution in [0.2, 0.25) is 0 Å². The molecule has 1 aliphatic rings. The van der Waals surface area contributed by atoms with E-state index in [9.17, 15) is 4.79 Å². The summed E-state index contributed by atoms with van der Waals surface area (Å²) in [4.78, 5) is 13.9. The Kier molecular flexibility index (Phi) is 4.36. The summed E-state index contributed by atoms with van der Waals surface area (Å²) in [5, 5.41) is 3.35. The molecule has 1 rings (SSSR count). The van der Waals surface area contributed by atoms with Crippen molar-refractivity contribution < 1.29 is 4.79 Å². The zero-order valence-electron chi connectivity index (χ0n) is 11.3. The maximum Gasteiger partial charge on any atom is 0.223 e. The molecule has 0 spiro atoms. The monoisotopic (exact) mass is 226 g/mol. The first kappa shape index (κ1) is 13.5. The van der Waals surface area contributed by atoms with Crippen LogP contribution < -0.4 is 5.32 Å². The largest absolute Gasteiger partial charge is 0.342 e. The van der Waals surface area contributed by atoms with Crippen molar-refractivity contribution in [3.8, 4) is 0 Å². The number of hydrogen-bond donors (Lipinski definition) is 1. The molecule has 0 aromatic heterocycles. The summed E-state index contributed by atoms with van der Waals surface area (Å²) in [5.41, 5.74) is 0.103. The SMILES string of the molecule is CC1CN(C(=O)CCNC(C)(C)C)CC1C. The Labute approximate surface area is 99.6 Å². The first-order valence-corrected chi connectivity index (χ1v) is 6.32. The lowest BCUT2D eigenvalue weighted by molar-refractivity contribution is -0.130. The van der Waals surface area contributed by atoms with Gasteiger partial charge in [0.05, 0.1) is 0 Å². The minimum absolute atomic E-state index is 0.103. The highest BCUT2D eigenvalue weighted by Crippen LogP contribution is 2.22. The second kappa shape index (κ2) is 5.17. The number of likely N-dealkylation sites (tertiary alicyclic amines) is 1. The van der Waals surface area contributed by atoms with E-state index < -0.39 is 0 Å². The Hall–Kier alpha value is -0.570. The zero-order valence-corrected chi connectivity index (χ0v) is 11.3. The number of hydrogen-bond acceptors (Lipinski definition) is 2. The average molecular weight is 226 g/mol. The van der Waals surface area contributed by atoms with Crippen LogP contribution in [0.1, 0.15) is 41.0 Å². The number of carbonyl (C=O) groups excluding carboxylic acids is 1. The zero-order chi connectivity index (χ0) is 12.3. The molecule has 1 fully saturated rings. The van der Waals surface area contributed by atoms with Gasteiger partial charge in [0.2, 0.25) is 5.91 Å². The van der Waals surface area contributed by atoms with Gasteiger partial charge in [-0.1, -0.05) is 13.8 Å². The normalized spacial score (nSPS) is 26.2. The molecule has 0 saturated carbocycles. The third-order valence-corrected chi connectivity index (χ3v) is 3.34. The Morgan fingerprint density at radius 2 is 1.75 bits per heavy atom. The molecule has 1 aliphatic heterocycles. The van der Waals surface area contributed by atoms with Crippen molar-refractivity contribution in [2.45, 2.75) is 46.6 Å². The molecular formula is C13H26N2O. The van der Waals surface area contributed by atoms with Crippen molar-refractivity contribution in [3.05, 3.63) is 0 Å². The lowest BCUT2D eigenvalue weighted by Crippen LogP contribution is -2.39. The van der Waals surface area contributed by atoms with Crippen molar-refractivity contribution in [1.82, 2.24) is 10.2 Å². The van der Waals surface area contributed by atoms with Crippen LogP contribution in [-0.2, 0) is 4.79 Å².